The Morgan fingerprint density at radius 2 is 2.00 bits per heavy atom. The van der Waals surface area contributed by atoms with Crippen molar-refractivity contribution in [3.63, 3.8) is 0 Å². The molecule has 1 fully saturated rings. The third-order valence-corrected chi connectivity index (χ3v) is 5.35. The molecule has 1 saturated heterocycles. The fraction of sp³-hybridized carbons (Fsp3) is 0.412. The topological polar surface area (TPSA) is 15.3 Å². The number of nitrogens with zero attached hydrogens (tertiary/aromatic N) is 1. The Hall–Kier alpha value is -1.03. The molecule has 0 aliphatic carbocycles. The number of hydrogen-bond donors (Lipinski definition) is 1. The van der Waals surface area contributed by atoms with Gasteiger partial charge in [0, 0.05) is 30.1 Å². The third kappa shape index (κ3) is 2.58. The minimum Gasteiger partial charge on any atom is -0.312 e. The van der Waals surface area contributed by atoms with Crippen LogP contribution in [0.4, 0.5) is 0 Å². The van der Waals surface area contributed by atoms with Crippen LogP contribution in [0.1, 0.15) is 11.6 Å². The summed E-state index contributed by atoms with van der Waals surface area (Å²) in [4.78, 5) is 2.50. The second-order valence-electron chi connectivity index (χ2n) is 5.46. The summed E-state index contributed by atoms with van der Waals surface area (Å²) in [5.41, 5.74) is 1.42. The maximum absolute atomic E-state index is 3.56. The number of benzene rings is 2. The number of rotatable bonds is 3. The van der Waals surface area contributed by atoms with Crippen LogP contribution < -0.4 is 5.32 Å². The van der Waals surface area contributed by atoms with Crippen LogP contribution in [0.5, 0.6) is 0 Å². The molecule has 2 aromatic carbocycles. The van der Waals surface area contributed by atoms with Crippen molar-refractivity contribution in [2.24, 2.45) is 0 Å². The monoisotopic (exact) mass is 286 g/mol. The summed E-state index contributed by atoms with van der Waals surface area (Å²) in [7, 11) is 4.33. The fourth-order valence-corrected chi connectivity index (χ4v) is 4.41. The number of hydrogen-bond acceptors (Lipinski definition) is 3. The first-order chi connectivity index (χ1) is 9.81. The minimum absolute atomic E-state index is 0.388. The lowest BCUT2D eigenvalue weighted by molar-refractivity contribution is 0.222. The Balaban J connectivity index is 2.02. The zero-order valence-corrected chi connectivity index (χ0v) is 13.0. The SMILES string of the molecule is CNC(c1cccc2ccccc12)C1CSCCN1C. The number of likely N-dealkylation sites (N-methyl/N-ethyl adjacent to an activating group) is 2. The van der Waals surface area contributed by atoms with Crippen molar-refractivity contribution in [3.8, 4) is 0 Å². The largest absolute Gasteiger partial charge is 0.312 e. The maximum atomic E-state index is 3.56. The molecular formula is C17H22N2S. The summed E-state index contributed by atoms with van der Waals surface area (Å²) >= 11 is 2.07. The average Bonchev–Trinajstić information content (AvgIpc) is 2.50. The van der Waals surface area contributed by atoms with Crippen molar-refractivity contribution in [3.05, 3.63) is 48.0 Å². The molecule has 0 saturated carbocycles. The van der Waals surface area contributed by atoms with Gasteiger partial charge in [-0.2, -0.15) is 11.8 Å². The lowest BCUT2D eigenvalue weighted by Gasteiger charge is -2.38. The number of thioether (sulfide) groups is 1. The van der Waals surface area contributed by atoms with Crippen LogP contribution in [0.3, 0.4) is 0 Å². The minimum atomic E-state index is 0.388. The smallest absolute Gasteiger partial charge is 0.0489 e. The molecule has 1 heterocycles. The summed E-state index contributed by atoms with van der Waals surface area (Å²) in [5, 5.41) is 6.26. The second kappa shape index (κ2) is 6.17. The van der Waals surface area contributed by atoms with Crippen molar-refractivity contribution in [2.75, 3.05) is 32.1 Å². The highest BCUT2D eigenvalue weighted by Gasteiger charge is 2.28. The highest BCUT2D eigenvalue weighted by molar-refractivity contribution is 7.99. The van der Waals surface area contributed by atoms with Gasteiger partial charge in [0.15, 0.2) is 0 Å². The second-order valence-corrected chi connectivity index (χ2v) is 6.61. The van der Waals surface area contributed by atoms with Gasteiger partial charge < -0.3 is 5.32 Å². The molecule has 0 bridgehead atoms. The molecule has 2 nitrogen and oxygen atoms in total. The van der Waals surface area contributed by atoms with Gasteiger partial charge in [-0.3, -0.25) is 4.90 Å². The van der Waals surface area contributed by atoms with E-state index in [4.69, 9.17) is 0 Å². The van der Waals surface area contributed by atoms with Crippen molar-refractivity contribution in [1.82, 2.24) is 10.2 Å². The highest BCUT2D eigenvalue weighted by atomic mass is 32.2. The van der Waals surface area contributed by atoms with Crippen LogP contribution in [0.2, 0.25) is 0 Å². The molecule has 0 spiro atoms. The van der Waals surface area contributed by atoms with Crippen molar-refractivity contribution in [2.45, 2.75) is 12.1 Å². The molecule has 0 amide bonds. The van der Waals surface area contributed by atoms with Gasteiger partial charge >= 0.3 is 0 Å². The molecule has 20 heavy (non-hydrogen) atoms. The van der Waals surface area contributed by atoms with Gasteiger partial charge in [0.1, 0.15) is 0 Å². The maximum Gasteiger partial charge on any atom is 0.0489 e. The first kappa shape index (κ1) is 13.9. The molecule has 2 atom stereocenters. The normalized spacial score (nSPS) is 22.0. The van der Waals surface area contributed by atoms with Crippen LogP contribution in [-0.2, 0) is 0 Å². The average molecular weight is 286 g/mol. The lowest BCUT2D eigenvalue weighted by Crippen LogP contribution is -2.47. The summed E-state index contributed by atoms with van der Waals surface area (Å²) in [5.74, 6) is 2.45. The third-order valence-electron chi connectivity index (χ3n) is 4.30. The molecule has 2 aromatic rings. The van der Waals surface area contributed by atoms with Gasteiger partial charge in [0.2, 0.25) is 0 Å². The Kier molecular flexibility index (Phi) is 4.29. The quantitative estimate of drug-likeness (QED) is 0.933. The van der Waals surface area contributed by atoms with E-state index in [1.807, 2.05) is 0 Å². The van der Waals surface area contributed by atoms with Crippen LogP contribution >= 0.6 is 11.8 Å². The molecule has 1 N–H and O–H groups in total. The number of nitrogens with one attached hydrogen (secondary N) is 1. The van der Waals surface area contributed by atoms with E-state index in [9.17, 15) is 0 Å². The summed E-state index contributed by atoms with van der Waals surface area (Å²) in [6, 6.07) is 16.3. The Morgan fingerprint density at radius 1 is 1.20 bits per heavy atom. The predicted octanol–water partition coefficient (Wildman–Crippen LogP) is 3.15. The van der Waals surface area contributed by atoms with E-state index in [1.165, 1.54) is 34.4 Å². The summed E-state index contributed by atoms with van der Waals surface area (Å²) in [6.07, 6.45) is 0. The first-order valence-corrected chi connectivity index (χ1v) is 8.39. The molecule has 1 aliphatic heterocycles. The molecule has 3 rings (SSSR count). The van der Waals surface area contributed by atoms with E-state index in [-0.39, 0.29) is 0 Å². The molecule has 2 unspecified atom stereocenters. The molecule has 0 radical (unpaired) electrons. The highest BCUT2D eigenvalue weighted by Crippen LogP contribution is 2.31. The fourth-order valence-electron chi connectivity index (χ4n) is 3.13. The van der Waals surface area contributed by atoms with E-state index in [1.54, 1.807) is 0 Å². The summed E-state index contributed by atoms with van der Waals surface area (Å²) in [6.45, 7) is 1.18. The van der Waals surface area contributed by atoms with E-state index < -0.39 is 0 Å². The van der Waals surface area contributed by atoms with Gasteiger partial charge in [-0.15, -0.1) is 0 Å². The molecule has 0 aromatic heterocycles. The van der Waals surface area contributed by atoms with Crippen molar-refractivity contribution >= 4 is 22.5 Å². The molecule has 3 heteroatoms. The molecular weight excluding hydrogens is 264 g/mol. The Morgan fingerprint density at radius 3 is 2.80 bits per heavy atom. The zero-order chi connectivity index (χ0) is 13.9. The van der Waals surface area contributed by atoms with Crippen LogP contribution in [0.15, 0.2) is 42.5 Å². The predicted molar refractivity (Wildman–Crippen MR) is 89.5 cm³/mol. The van der Waals surface area contributed by atoms with Gasteiger partial charge in [0.05, 0.1) is 0 Å². The van der Waals surface area contributed by atoms with Crippen LogP contribution in [0, 0.1) is 0 Å². The molecule has 106 valence electrons. The first-order valence-electron chi connectivity index (χ1n) is 7.24. The van der Waals surface area contributed by atoms with E-state index in [2.05, 4.69) is 78.5 Å². The Labute approximate surface area is 125 Å². The van der Waals surface area contributed by atoms with Gasteiger partial charge in [-0.25, -0.2) is 0 Å². The molecule has 1 aliphatic rings. The van der Waals surface area contributed by atoms with Crippen LogP contribution in [0.25, 0.3) is 10.8 Å². The number of fused-ring (bicyclic) bond motifs is 1. The van der Waals surface area contributed by atoms with E-state index in [0.29, 0.717) is 12.1 Å². The van der Waals surface area contributed by atoms with Gasteiger partial charge in [-0.1, -0.05) is 42.5 Å². The lowest BCUT2D eigenvalue weighted by atomic mass is 9.94. The zero-order valence-electron chi connectivity index (χ0n) is 12.2. The van der Waals surface area contributed by atoms with Crippen LogP contribution in [-0.4, -0.2) is 43.1 Å². The van der Waals surface area contributed by atoms with E-state index in [0.717, 1.165) is 0 Å². The van der Waals surface area contributed by atoms with Crippen molar-refractivity contribution in [1.29, 1.82) is 0 Å². The van der Waals surface area contributed by atoms with E-state index >= 15 is 0 Å². The standard InChI is InChI=1S/C17H22N2S/c1-18-17(16-12-20-11-10-19(16)2)15-9-5-7-13-6-3-4-8-14(13)15/h3-9,16-18H,10-12H2,1-2H3. The summed E-state index contributed by atoms with van der Waals surface area (Å²) < 4.78 is 0. The van der Waals surface area contributed by atoms with Crippen molar-refractivity contribution < 1.29 is 0 Å². The van der Waals surface area contributed by atoms with Gasteiger partial charge in [-0.05, 0) is 30.4 Å². The Bertz CT molecular complexity index is 579. The van der Waals surface area contributed by atoms with Gasteiger partial charge in [0.25, 0.3) is 0 Å².